The average molecular weight is 405 g/mol. The summed E-state index contributed by atoms with van der Waals surface area (Å²) < 4.78 is 0. The molecule has 0 heteroatoms. The first-order chi connectivity index (χ1) is 15.9. The molecule has 0 atom stereocenters. The van der Waals surface area contributed by atoms with Crippen LogP contribution in [-0.2, 0) is 0 Å². The van der Waals surface area contributed by atoms with Crippen molar-refractivity contribution in [3.8, 4) is 11.1 Å². The van der Waals surface area contributed by atoms with Crippen molar-refractivity contribution < 1.29 is 0 Å². The van der Waals surface area contributed by atoms with Gasteiger partial charge < -0.3 is 0 Å². The van der Waals surface area contributed by atoms with Crippen molar-refractivity contribution >= 4 is 53.9 Å². The van der Waals surface area contributed by atoms with Crippen LogP contribution in [0.15, 0.2) is 121 Å². The summed E-state index contributed by atoms with van der Waals surface area (Å²) in [7, 11) is 0. The molecule has 0 saturated heterocycles. The monoisotopic (exact) mass is 404 g/mol. The van der Waals surface area contributed by atoms with E-state index in [1.165, 1.54) is 65.0 Å². The summed E-state index contributed by atoms with van der Waals surface area (Å²) in [5.41, 5.74) is 2.59. The second kappa shape index (κ2) is 6.67. The molecular formula is C32H20. The maximum absolute atomic E-state index is 2.40. The minimum absolute atomic E-state index is 1.28. The summed E-state index contributed by atoms with van der Waals surface area (Å²) >= 11 is 0. The summed E-state index contributed by atoms with van der Waals surface area (Å²) in [6, 6.07) is 44.4. The van der Waals surface area contributed by atoms with Crippen molar-refractivity contribution in [1.82, 2.24) is 0 Å². The fourth-order valence-corrected chi connectivity index (χ4v) is 5.29. The fraction of sp³-hybridized carbons (Fsp3) is 0. The molecule has 0 aliphatic carbocycles. The highest BCUT2D eigenvalue weighted by atomic mass is 14.2. The highest BCUT2D eigenvalue weighted by molar-refractivity contribution is 6.18. The normalized spacial score (nSPS) is 11.8. The van der Waals surface area contributed by atoms with E-state index >= 15 is 0 Å². The quantitative estimate of drug-likeness (QED) is 0.189. The second-order valence-electron chi connectivity index (χ2n) is 8.58. The van der Waals surface area contributed by atoms with E-state index in [9.17, 15) is 0 Å². The summed E-state index contributed by atoms with van der Waals surface area (Å²) in [5.74, 6) is 0. The zero-order valence-corrected chi connectivity index (χ0v) is 17.5. The lowest BCUT2D eigenvalue weighted by atomic mass is 9.89. The number of hydrogen-bond donors (Lipinski definition) is 0. The van der Waals surface area contributed by atoms with E-state index in [-0.39, 0.29) is 0 Å². The van der Waals surface area contributed by atoms with Gasteiger partial charge in [0.1, 0.15) is 0 Å². The largest absolute Gasteiger partial charge is 0.0616 e. The van der Waals surface area contributed by atoms with Crippen molar-refractivity contribution in [1.29, 1.82) is 0 Å². The van der Waals surface area contributed by atoms with Gasteiger partial charge in [0.05, 0.1) is 0 Å². The van der Waals surface area contributed by atoms with Crippen LogP contribution in [0.25, 0.3) is 65.0 Å². The maximum Gasteiger partial charge on any atom is -0.00928 e. The van der Waals surface area contributed by atoms with Crippen LogP contribution in [0.2, 0.25) is 0 Å². The second-order valence-corrected chi connectivity index (χ2v) is 8.58. The Morgan fingerprint density at radius 2 is 0.812 bits per heavy atom. The molecule has 148 valence electrons. The first-order valence-corrected chi connectivity index (χ1v) is 11.1. The third kappa shape index (κ3) is 2.50. The first-order valence-electron chi connectivity index (χ1n) is 11.1. The van der Waals surface area contributed by atoms with Gasteiger partial charge in [-0.3, -0.25) is 0 Å². The Bertz CT molecular complexity index is 1820. The molecule has 7 aromatic rings. The molecule has 7 aromatic carbocycles. The van der Waals surface area contributed by atoms with Crippen LogP contribution in [0.4, 0.5) is 0 Å². The van der Waals surface area contributed by atoms with Gasteiger partial charge in [-0.15, -0.1) is 0 Å². The fourth-order valence-electron chi connectivity index (χ4n) is 5.29. The molecule has 0 nitrogen and oxygen atoms in total. The standard InChI is InChI=1S/C32H20/c1-3-11-25-21(8-1)16-17-24-18-22-10-7-15-29(31(22)20-30(24)25)32-19-23-9-2-4-12-26(23)27-13-5-6-14-28(27)32/h1-20H. The van der Waals surface area contributed by atoms with Crippen LogP contribution >= 0.6 is 0 Å². The third-order valence-corrected chi connectivity index (χ3v) is 6.80. The van der Waals surface area contributed by atoms with Gasteiger partial charge in [-0.2, -0.15) is 0 Å². The van der Waals surface area contributed by atoms with Gasteiger partial charge in [0.15, 0.2) is 0 Å². The molecule has 7 rings (SSSR count). The molecule has 0 amide bonds. The molecule has 0 bridgehead atoms. The zero-order chi connectivity index (χ0) is 21.1. The smallest absolute Gasteiger partial charge is 0.00928 e. The lowest BCUT2D eigenvalue weighted by Crippen LogP contribution is -1.87. The van der Waals surface area contributed by atoms with Crippen LogP contribution in [0, 0.1) is 0 Å². The van der Waals surface area contributed by atoms with Gasteiger partial charge in [0.2, 0.25) is 0 Å². The first kappa shape index (κ1) is 17.5. The van der Waals surface area contributed by atoms with Gasteiger partial charge in [0.25, 0.3) is 0 Å². The molecule has 0 N–H and O–H groups in total. The minimum Gasteiger partial charge on any atom is -0.0616 e. The van der Waals surface area contributed by atoms with Gasteiger partial charge in [-0.1, -0.05) is 103 Å². The number of fused-ring (bicyclic) bond motifs is 7. The van der Waals surface area contributed by atoms with E-state index < -0.39 is 0 Å². The van der Waals surface area contributed by atoms with E-state index in [2.05, 4.69) is 121 Å². The van der Waals surface area contributed by atoms with Gasteiger partial charge in [-0.25, -0.2) is 0 Å². The van der Waals surface area contributed by atoms with Crippen molar-refractivity contribution in [3.63, 3.8) is 0 Å². The molecule has 0 spiro atoms. The lowest BCUT2D eigenvalue weighted by molar-refractivity contribution is 1.71. The highest BCUT2D eigenvalue weighted by Crippen LogP contribution is 2.39. The Morgan fingerprint density at radius 1 is 0.250 bits per heavy atom. The molecule has 0 aliphatic heterocycles. The van der Waals surface area contributed by atoms with E-state index in [0.717, 1.165) is 0 Å². The highest BCUT2D eigenvalue weighted by Gasteiger charge is 2.12. The van der Waals surface area contributed by atoms with Gasteiger partial charge >= 0.3 is 0 Å². The van der Waals surface area contributed by atoms with Crippen molar-refractivity contribution in [2.75, 3.05) is 0 Å². The Labute approximate surface area is 186 Å². The predicted molar refractivity (Wildman–Crippen MR) is 139 cm³/mol. The average Bonchev–Trinajstić information content (AvgIpc) is 2.87. The van der Waals surface area contributed by atoms with Gasteiger partial charge in [-0.05, 0) is 83.2 Å². The zero-order valence-electron chi connectivity index (χ0n) is 17.5. The molecule has 0 radical (unpaired) electrons. The number of benzene rings is 7. The maximum atomic E-state index is 2.40. The van der Waals surface area contributed by atoms with Crippen LogP contribution < -0.4 is 0 Å². The van der Waals surface area contributed by atoms with E-state index in [0.29, 0.717) is 0 Å². The third-order valence-electron chi connectivity index (χ3n) is 6.80. The Kier molecular flexibility index (Phi) is 3.65. The van der Waals surface area contributed by atoms with Crippen molar-refractivity contribution in [2.24, 2.45) is 0 Å². The van der Waals surface area contributed by atoms with E-state index in [1.54, 1.807) is 0 Å². The van der Waals surface area contributed by atoms with Crippen LogP contribution in [0.5, 0.6) is 0 Å². The van der Waals surface area contributed by atoms with Crippen LogP contribution in [-0.4, -0.2) is 0 Å². The molecule has 0 saturated carbocycles. The molecular weight excluding hydrogens is 384 g/mol. The summed E-state index contributed by atoms with van der Waals surface area (Å²) in [6.07, 6.45) is 0. The Balaban J connectivity index is 1.64. The molecule has 32 heavy (non-hydrogen) atoms. The molecule has 0 aromatic heterocycles. The molecule has 0 unspecified atom stereocenters. The number of hydrogen-bond acceptors (Lipinski definition) is 0. The van der Waals surface area contributed by atoms with E-state index in [4.69, 9.17) is 0 Å². The lowest BCUT2D eigenvalue weighted by Gasteiger charge is -2.14. The molecule has 0 heterocycles. The minimum atomic E-state index is 1.28. The summed E-state index contributed by atoms with van der Waals surface area (Å²) in [4.78, 5) is 0. The molecule has 0 aliphatic rings. The number of rotatable bonds is 1. The predicted octanol–water partition coefficient (Wildman–Crippen LogP) is 9.12. The van der Waals surface area contributed by atoms with Gasteiger partial charge in [0, 0.05) is 0 Å². The Hall–Kier alpha value is -4.16. The van der Waals surface area contributed by atoms with E-state index in [1.807, 2.05) is 0 Å². The summed E-state index contributed by atoms with van der Waals surface area (Å²) in [6.45, 7) is 0. The Morgan fingerprint density at radius 3 is 1.66 bits per heavy atom. The van der Waals surface area contributed by atoms with Crippen molar-refractivity contribution in [3.05, 3.63) is 121 Å². The van der Waals surface area contributed by atoms with Crippen LogP contribution in [0.3, 0.4) is 0 Å². The topological polar surface area (TPSA) is 0 Å². The SMILES string of the molecule is c1cc(-c2cc3ccccc3c3ccccc23)c2cc3c(ccc4ccccc43)cc2c1. The van der Waals surface area contributed by atoms with Crippen molar-refractivity contribution in [2.45, 2.75) is 0 Å². The summed E-state index contributed by atoms with van der Waals surface area (Å²) in [5, 5.41) is 13.0. The van der Waals surface area contributed by atoms with Crippen LogP contribution in [0.1, 0.15) is 0 Å². The molecule has 0 fully saturated rings.